The van der Waals surface area contributed by atoms with Crippen molar-refractivity contribution in [2.24, 2.45) is 11.8 Å². The molecule has 1 heterocycles. The topological polar surface area (TPSA) is 50.2 Å². The summed E-state index contributed by atoms with van der Waals surface area (Å²) in [5.41, 5.74) is 0.493. The van der Waals surface area contributed by atoms with Gasteiger partial charge in [-0.25, -0.2) is 4.68 Å². The van der Waals surface area contributed by atoms with E-state index in [2.05, 4.69) is 10.4 Å². The minimum atomic E-state index is -0.202. The minimum absolute atomic E-state index is 0.202. The van der Waals surface area contributed by atoms with E-state index in [-0.39, 0.29) is 10.6 Å². The van der Waals surface area contributed by atoms with Crippen LogP contribution in [-0.4, -0.2) is 41.4 Å². The van der Waals surface area contributed by atoms with Crippen LogP contribution < -0.4 is 10.9 Å². The molecule has 2 bridgehead atoms. The predicted molar refractivity (Wildman–Crippen MR) is 84.9 cm³/mol. The largest absolute Gasteiger partial charge is 0.379 e. The number of likely N-dealkylation sites (N-methyl/N-ethyl adjacent to an activating group) is 1. The zero-order chi connectivity index (χ0) is 15.0. The molecule has 6 heteroatoms. The Kier molecular flexibility index (Phi) is 4.22. The summed E-state index contributed by atoms with van der Waals surface area (Å²) in [5.74, 6) is 1.60. The number of hydrogen-bond donors (Lipinski definition) is 1. The van der Waals surface area contributed by atoms with Gasteiger partial charge in [-0.3, -0.25) is 4.79 Å². The predicted octanol–water partition coefficient (Wildman–Crippen LogP) is 2.06. The molecule has 5 nitrogen and oxygen atoms in total. The van der Waals surface area contributed by atoms with Gasteiger partial charge in [0.25, 0.3) is 5.56 Å². The van der Waals surface area contributed by atoms with Gasteiger partial charge in [-0.1, -0.05) is 18.0 Å². The molecule has 0 saturated heterocycles. The second-order valence-electron chi connectivity index (χ2n) is 6.63. The van der Waals surface area contributed by atoms with Gasteiger partial charge in [-0.05, 0) is 45.2 Å². The number of hydrogen-bond acceptors (Lipinski definition) is 4. The van der Waals surface area contributed by atoms with Crippen LogP contribution in [0.25, 0.3) is 0 Å². The third-order valence-electron chi connectivity index (χ3n) is 4.82. The van der Waals surface area contributed by atoms with Crippen LogP contribution in [0, 0.1) is 11.8 Å². The van der Waals surface area contributed by atoms with Gasteiger partial charge in [0, 0.05) is 12.6 Å². The second-order valence-corrected chi connectivity index (χ2v) is 7.01. The van der Waals surface area contributed by atoms with Gasteiger partial charge in [0.1, 0.15) is 5.02 Å². The molecular formula is C15H23ClN4O. The SMILES string of the molecule is CN(C)CCn1ncc(NC2CC3CCC2C3)c(Cl)c1=O. The van der Waals surface area contributed by atoms with E-state index in [1.165, 1.54) is 30.4 Å². The molecule has 1 aromatic rings. The van der Waals surface area contributed by atoms with Crippen molar-refractivity contribution >= 4 is 17.3 Å². The number of aromatic nitrogens is 2. The highest BCUT2D eigenvalue weighted by Gasteiger charge is 2.39. The summed E-state index contributed by atoms with van der Waals surface area (Å²) >= 11 is 6.24. The van der Waals surface area contributed by atoms with E-state index >= 15 is 0 Å². The average Bonchev–Trinajstić information content (AvgIpc) is 3.05. The molecule has 3 rings (SSSR count). The van der Waals surface area contributed by atoms with Crippen molar-refractivity contribution in [3.05, 3.63) is 21.6 Å². The summed E-state index contributed by atoms with van der Waals surface area (Å²) in [6.07, 6.45) is 6.88. The van der Waals surface area contributed by atoms with Crippen molar-refractivity contribution in [3.63, 3.8) is 0 Å². The summed E-state index contributed by atoms with van der Waals surface area (Å²) in [4.78, 5) is 14.3. The number of anilines is 1. The third-order valence-corrected chi connectivity index (χ3v) is 5.19. The smallest absolute Gasteiger partial charge is 0.287 e. The van der Waals surface area contributed by atoms with Crippen LogP contribution in [0.5, 0.6) is 0 Å². The first kappa shape index (κ1) is 14.9. The Bertz CT molecular complexity index is 571. The molecule has 0 amide bonds. The van der Waals surface area contributed by atoms with Gasteiger partial charge >= 0.3 is 0 Å². The van der Waals surface area contributed by atoms with Crippen molar-refractivity contribution in [1.29, 1.82) is 0 Å². The van der Waals surface area contributed by atoms with Gasteiger partial charge in [0.05, 0.1) is 18.4 Å². The minimum Gasteiger partial charge on any atom is -0.379 e. The van der Waals surface area contributed by atoms with Crippen molar-refractivity contribution in [2.45, 2.75) is 38.3 Å². The van der Waals surface area contributed by atoms with E-state index in [9.17, 15) is 4.79 Å². The van der Waals surface area contributed by atoms with Crippen LogP contribution in [0.2, 0.25) is 5.02 Å². The zero-order valence-corrected chi connectivity index (χ0v) is 13.4. The maximum atomic E-state index is 12.2. The van der Waals surface area contributed by atoms with Gasteiger partial charge in [0.2, 0.25) is 0 Å². The number of nitrogens with zero attached hydrogens (tertiary/aromatic N) is 3. The summed E-state index contributed by atoms with van der Waals surface area (Å²) in [6.45, 7) is 1.32. The number of fused-ring (bicyclic) bond motifs is 2. The summed E-state index contributed by atoms with van der Waals surface area (Å²) in [7, 11) is 3.94. The zero-order valence-electron chi connectivity index (χ0n) is 12.7. The highest BCUT2D eigenvalue weighted by atomic mass is 35.5. The molecular weight excluding hydrogens is 288 g/mol. The van der Waals surface area contributed by atoms with Crippen LogP contribution in [0.15, 0.2) is 11.0 Å². The van der Waals surface area contributed by atoms with Crippen molar-refractivity contribution in [3.8, 4) is 0 Å². The molecule has 2 fully saturated rings. The standard InChI is InChI=1S/C15H23ClN4O/c1-19(2)5-6-20-15(21)14(16)13(9-17-20)18-12-8-10-3-4-11(12)7-10/h9-12,18H,3-8H2,1-2H3. The fourth-order valence-corrected chi connectivity index (χ4v) is 3.84. The Morgan fingerprint density at radius 3 is 2.86 bits per heavy atom. The molecule has 2 saturated carbocycles. The lowest BCUT2D eigenvalue weighted by atomic mass is 9.95. The lowest BCUT2D eigenvalue weighted by Gasteiger charge is -2.24. The number of halogens is 1. The van der Waals surface area contributed by atoms with E-state index in [1.807, 2.05) is 19.0 Å². The summed E-state index contributed by atoms with van der Waals surface area (Å²) in [6, 6.07) is 0.458. The molecule has 1 aromatic heterocycles. The maximum Gasteiger partial charge on any atom is 0.287 e. The van der Waals surface area contributed by atoms with E-state index < -0.39 is 0 Å². The number of nitrogens with one attached hydrogen (secondary N) is 1. The molecule has 3 unspecified atom stereocenters. The monoisotopic (exact) mass is 310 g/mol. The molecule has 2 aliphatic rings. The van der Waals surface area contributed by atoms with Crippen LogP contribution in [0.3, 0.4) is 0 Å². The normalized spacial score (nSPS) is 27.5. The molecule has 1 N–H and O–H groups in total. The first-order chi connectivity index (χ1) is 10.0. The molecule has 2 aliphatic carbocycles. The molecule has 0 aromatic carbocycles. The van der Waals surface area contributed by atoms with Gasteiger partial charge in [-0.2, -0.15) is 5.10 Å². The third kappa shape index (κ3) is 3.09. The van der Waals surface area contributed by atoms with E-state index in [1.54, 1.807) is 6.20 Å². The van der Waals surface area contributed by atoms with Crippen LogP contribution in [0.4, 0.5) is 5.69 Å². The Labute approximate surface area is 130 Å². The first-order valence-electron chi connectivity index (χ1n) is 7.71. The Morgan fingerprint density at radius 2 is 2.24 bits per heavy atom. The highest BCUT2D eigenvalue weighted by molar-refractivity contribution is 6.32. The lowest BCUT2D eigenvalue weighted by Crippen LogP contribution is -2.31. The maximum absolute atomic E-state index is 12.2. The van der Waals surface area contributed by atoms with E-state index in [0.29, 0.717) is 18.3 Å². The van der Waals surface area contributed by atoms with Gasteiger partial charge in [0.15, 0.2) is 0 Å². The molecule has 0 aliphatic heterocycles. The second kappa shape index (κ2) is 5.97. The molecule has 0 radical (unpaired) electrons. The van der Waals surface area contributed by atoms with Gasteiger partial charge < -0.3 is 10.2 Å². The fraction of sp³-hybridized carbons (Fsp3) is 0.733. The molecule has 116 valence electrons. The van der Waals surface area contributed by atoms with Crippen molar-refractivity contribution in [1.82, 2.24) is 14.7 Å². The first-order valence-corrected chi connectivity index (χ1v) is 8.09. The molecule has 21 heavy (non-hydrogen) atoms. The summed E-state index contributed by atoms with van der Waals surface area (Å²) in [5, 5.41) is 7.97. The lowest BCUT2D eigenvalue weighted by molar-refractivity contribution is 0.367. The van der Waals surface area contributed by atoms with Crippen LogP contribution >= 0.6 is 11.6 Å². The quantitative estimate of drug-likeness (QED) is 0.904. The van der Waals surface area contributed by atoms with E-state index in [4.69, 9.17) is 11.6 Å². The number of rotatable bonds is 5. The van der Waals surface area contributed by atoms with Crippen molar-refractivity contribution in [2.75, 3.05) is 26.0 Å². The van der Waals surface area contributed by atoms with Crippen molar-refractivity contribution < 1.29 is 0 Å². The Hall–Kier alpha value is -1.07. The van der Waals surface area contributed by atoms with Gasteiger partial charge in [-0.15, -0.1) is 0 Å². The fourth-order valence-electron chi connectivity index (χ4n) is 3.64. The Morgan fingerprint density at radius 1 is 1.43 bits per heavy atom. The average molecular weight is 311 g/mol. The highest BCUT2D eigenvalue weighted by Crippen LogP contribution is 2.45. The summed E-state index contributed by atoms with van der Waals surface area (Å²) < 4.78 is 1.44. The van der Waals surface area contributed by atoms with Crippen LogP contribution in [-0.2, 0) is 6.54 Å². The van der Waals surface area contributed by atoms with Crippen LogP contribution in [0.1, 0.15) is 25.7 Å². The Balaban J connectivity index is 1.72. The molecule has 3 atom stereocenters. The molecule has 0 spiro atoms. The van der Waals surface area contributed by atoms with E-state index in [0.717, 1.165) is 18.4 Å².